The van der Waals surface area contributed by atoms with Crippen molar-refractivity contribution in [3.05, 3.63) is 47.8 Å². The molecular formula is C17H15F3N4O2. The van der Waals surface area contributed by atoms with Gasteiger partial charge in [-0.15, -0.1) is 0 Å². The summed E-state index contributed by atoms with van der Waals surface area (Å²) < 4.78 is 43.2. The molecule has 0 bridgehead atoms. The molecule has 1 unspecified atom stereocenters. The van der Waals surface area contributed by atoms with Gasteiger partial charge in [0.15, 0.2) is 5.65 Å². The van der Waals surface area contributed by atoms with Crippen molar-refractivity contribution in [3.63, 3.8) is 0 Å². The summed E-state index contributed by atoms with van der Waals surface area (Å²) in [6.07, 6.45) is 5.65. The fourth-order valence-corrected chi connectivity index (χ4v) is 3.47. The first kappa shape index (κ1) is 16.6. The third-order valence-corrected chi connectivity index (χ3v) is 4.64. The number of carboxylic acids is 1. The lowest BCUT2D eigenvalue weighted by molar-refractivity contribution is 0.0232. The number of aromatic carboxylic acids is 1. The van der Waals surface area contributed by atoms with E-state index in [-0.39, 0.29) is 23.4 Å². The monoisotopic (exact) mass is 364 g/mol. The van der Waals surface area contributed by atoms with Crippen molar-refractivity contribution >= 4 is 17.4 Å². The van der Waals surface area contributed by atoms with E-state index in [1.807, 2.05) is 0 Å². The number of rotatable bonds is 3. The van der Waals surface area contributed by atoms with E-state index >= 15 is 0 Å². The number of carboxylic acid groups (broad SMARTS) is 1. The number of aromatic nitrogens is 3. The number of fused-ring (bicyclic) bond motifs is 1. The average Bonchev–Trinajstić information content (AvgIpc) is 3.14. The van der Waals surface area contributed by atoms with Crippen LogP contribution in [0, 0.1) is 0 Å². The van der Waals surface area contributed by atoms with Gasteiger partial charge in [0.05, 0.1) is 18.8 Å². The summed E-state index contributed by atoms with van der Waals surface area (Å²) in [5.74, 6) is -3.93. The summed E-state index contributed by atoms with van der Waals surface area (Å²) in [7, 11) is 0. The molecule has 9 heteroatoms. The Balaban J connectivity index is 1.75. The van der Waals surface area contributed by atoms with E-state index in [4.69, 9.17) is 0 Å². The quantitative estimate of drug-likeness (QED) is 0.907. The van der Waals surface area contributed by atoms with Crippen LogP contribution in [0.25, 0.3) is 5.65 Å². The van der Waals surface area contributed by atoms with Crippen molar-refractivity contribution < 1.29 is 23.1 Å². The van der Waals surface area contributed by atoms with E-state index < -0.39 is 37.1 Å². The second-order valence-electron chi connectivity index (χ2n) is 6.47. The van der Waals surface area contributed by atoms with Crippen LogP contribution in [0.15, 0.2) is 42.3 Å². The molecule has 2 atom stereocenters. The first-order valence-electron chi connectivity index (χ1n) is 8.07. The van der Waals surface area contributed by atoms with Crippen LogP contribution in [0.2, 0.25) is 0 Å². The molecule has 1 aliphatic carbocycles. The van der Waals surface area contributed by atoms with E-state index in [1.165, 1.54) is 33.8 Å². The number of nitrogens with zero attached hydrogens (tertiary/aromatic N) is 4. The Kier molecular flexibility index (Phi) is 3.74. The minimum atomic E-state index is -2.94. The summed E-state index contributed by atoms with van der Waals surface area (Å²) in [6.45, 7) is -0.560. The number of hydrogen-bond donors (Lipinski definition) is 1. The van der Waals surface area contributed by atoms with Crippen LogP contribution >= 0.6 is 0 Å². The molecule has 2 aliphatic rings. The summed E-state index contributed by atoms with van der Waals surface area (Å²) in [4.78, 5) is 16.9. The highest BCUT2D eigenvalue weighted by Gasteiger charge is 2.47. The van der Waals surface area contributed by atoms with E-state index in [2.05, 4.69) is 10.1 Å². The van der Waals surface area contributed by atoms with Crippen LogP contribution in [0.1, 0.15) is 23.2 Å². The molecule has 3 heterocycles. The number of anilines is 1. The predicted octanol–water partition coefficient (Wildman–Crippen LogP) is 2.87. The molecule has 0 saturated carbocycles. The highest BCUT2D eigenvalue weighted by molar-refractivity contribution is 5.94. The Morgan fingerprint density at radius 1 is 1.38 bits per heavy atom. The van der Waals surface area contributed by atoms with Gasteiger partial charge >= 0.3 is 5.97 Å². The number of carbonyl (C=O) groups is 1. The van der Waals surface area contributed by atoms with Crippen LogP contribution in [0.5, 0.6) is 0 Å². The molecule has 0 radical (unpaired) electrons. The fourth-order valence-electron chi connectivity index (χ4n) is 3.47. The van der Waals surface area contributed by atoms with Gasteiger partial charge in [-0.05, 0) is 11.6 Å². The third-order valence-electron chi connectivity index (χ3n) is 4.64. The van der Waals surface area contributed by atoms with Gasteiger partial charge in [0, 0.05) is 19.0 Å². The molecule has 2 aromatic rings. The molecule has 4 rings (SSSR count). The summed E-state index contributed by atoms with van der Waals surface area (Å²) in [6, 6.07) is 0.811. The predicted molar refractivity (Wildman–Crippen MR) is 87.4 cm³/mol. The Morgan fingerprint density at radius 2 is 2.19 bits per heavy atom. The Morgan fingerprint density at radius 3 is 2.92 bits per heavy atom. The van der Waals surface area contributed by atoms with Crippen LogP contribution in [-0.2, 0) is 0 Å². The standard InChI is InChI=1S/C17H15F3N4O2/c18-11-3-1-2-10(6-11)13-7-17(19,20)9-23(13)14-4-5-24-15(22-14)12(8-21-24)16(25)26/h1-5,8,11,13H,6-7,9H2,(H,25,26)/t11?,13-/m1/s1. The lowest BCUT2D eigenvalue weighted by Gasteiger charge is -2.28. The van der Waals surface area contributed by atoms with E-state index in [9.17, 15) is 23.1 Å². The van der Waals surface area contributed by atoms with Crippen molar-refractivity contribution in [2.24, 2.45) is 0 Å². The maximum atomic E-state index is 14.1. The van der Waals surface area contributed by atoms with Gasteiger partial charge in [0.2, 0.25) is 0 Å². The fraction of sp³-hybridized carbons (Fsp3) is 0.353. The van der Waals surface area contributed by atoms with Crippen molar-refractivity contribution in [2.75, 3.05) is 11.4 Å². The molecule has 2 aromatic heterocycles. The van der Waals surface area contributed by atoms with Crippen molar-refractivity contribution in [1.82, 2.24) is 14.6 Å². The van der Waals surface area contributed by atoms with Gasteiger partial charge in [-0.3, -0.25) is 0 Å². The minimum absolute atomic E-state index is 0.0586. The van der Waals surface area contributed by atoms with Crippen molar-refractivity contribution in [3.8, 4) is 0 Å². The molecule has 0 amide bonds. The number of allylic oxidation sites excluding steroid dienone is 3. The zero-order valence-corrected chi connectivity index (χ0v) is 13.5. The van der Waals surface area contributed by atoms with Crippen LogP contribution in [0.3, 0.4) is 0 Å². The van der Waals surface area contributed by atoms with Gasteiger partial charge in [0.1, 0.15) is 17.6 Å². The SMILES string of the molecule is O=C(O)c1cnn2ccc(N3CC(F)(F)C[C@@H]3C3=CC=CC(F)C3)nc12. The van der Waals surface area contributed by atoms with Gasteiger partial charge in [-0.1, -0.05) is 18.2 Å². The van der Waals surface area contributed by atoms with Crippen LogP contribution < -0.4 is 4.90 Å². The number of hydrogen-bond acceptors (Lipinski definition) is 4. The lowest BCUT2D eigenvalue weighted by atomic mass is 9.94. The lowest BCUT2D eigenvalue weighted by Crippen LogP contribution is -2.33. The molecule has 6 nitrogen and oxygen atoms in total. The minimum Gasteiger partial charge on any atom is -0.477 e. The zero-order chi connectivity index (χ0) is 18.5. The molecule has 1 N–H and O–H groups in total. The average molecular weight is 364 g/mol. The first-order chi connectivity index (χ1) is 12.3. The van der Waals surface area contributed by atoms with Gasteiger partial charge in [-0.25, -0.2) is 27.5 Å². The van der Waals surface area contributed by atoms with Gasteiger partial charge in [0.25, 0.3) is 5.92 Å². The van der Waals surface area contributed by atoms with Gasteiger partial charge < -0.3 is 10.0 Å². The van der Waals surface area contributed by atoms with E-state index in [0.29, 0.717) is 5.57 Å². The van der Waals surface area contributed by atoms with Crippen molar-refractivity contribution in [2.45, 2.75) is 31.0 Å². The largest absolute Gasteiger partial charge is 0.477 e. The summed E-state index contributed by atoms with van der Waals surface area (Å²) >= 11 is 0. The molecule has 1 fully saturated rings. The molecule has 1 saturated heterocycles. The maximum absolute atomic E-state index is 14.1. The van der Waals surface area contributed by atoms with Gasteiger partial charge in [-0.2, -0.15) is 5.10 Å². The topological polar surface area (TPSA) is 70.7 Å². The maximum Gasteiger partial charge on any atom is 0.341 e. The number of alkyl halides is 3. The third kappa shape index (κ3) is 2.83. The second-order valence-corrected chi connectivity index (χ2v) is 6.47. The zero-order valence-electron chi connectivity index (χ0n) is 13.5. The molecular weight excluding hydrogens is 349 g/mol. The van der Waals surface area contributed by atoms with E-state index in [1.54, 1.807) is 6.08 Å². The summed E-state index contributed by atoms with van der Waals surface area (Å²) in [5, 5.41) is 13.1. The Bertz CT molecular complexity index is 937. The molecule has 26 heavy (non-hydrogen) atoms. The first-order valence-corrected chi connectivity index (χ1v) is 8.07. The highest BCUT2D eigenvalue weighted by Crippen LogP contribution is 2.39. The molecule has 136 valence electrons. The Hall–Kier alpha value is -2.84. The smallest absolute Gasteiger partial charge is 0.341 e. The van der Waals surface area contributed by atoms with E-state index in [0.717, 1.165) is 6.20 Å². The normalized spacial score (nSPS) is 24.9. The molecule has 0 aromatic carbocycles. The van der Waals surface area contributed by atoms with Crippen LogP contribution in [0.4, 0.5) is 19.0 Å². The Labute approximate surface area is 146 Å². The molecule has 1 aliphatic heterocycles. The second kappa shape index (κ2) is 5.86. The highest BCUT2D eigenvalue weighted by atomic mass is 19.3. The molecule has 0 spiro atoms. The van der Waals surface area contributed by atoms with Crippen LogP contribution in [-0.4, -0.2) is 50.4 Å². The summed E-state index contributed by atoms with van der Waals surface area (Å²) in [5.41, 5.74) is 0.536. The number of halogens is 3. The van der Waals surface area contributed by atoms with Crippen molar-refractivity contribution in [1.29, 1.82) is 0 Å².